The second-order valence-electron chi connectivity index (χ2n) is 20.8. The number of nitrogens with zero attached hydrogens (tertiary/aromatic N) is 6. The van der Waals surface area contributed by atoms with Gasteiger partial charge in [-0.1, -0.05) is 64.5 Å². The van der Waals surface area contributed by atoms with Crippen molar-refractivity contribution in [3.8, 4) is 11.1 Å². The van der Waals surface area contributed by atoms with Gasteiger partial charge in [0.2, 0.25) is 5.91 Å². The summed E-state index contributed by atoms with van der Waals surface area (Å²) < 4.78 is 15.8. The summed E-state index contributed by atoms with van der Waals surface area (Å²) >= 11 is 0. The van der Waals surface area contributed by atoms with Crippen molar-refractivity contribution < 1.29 is 70.2 Å². The molecule has 402 valence electrons. The van der Waals surface area contributed by atoms with E-state index >= 15 is 4.39 Å². The van der Waals surface area contributed by atoms with Gasteiger partial charge >= 0.3 is 51.4 Å². The number of piperidine rings is 1. The molecule has 0 radical (unpaired) electrons. The van der Waals surface area contributed by atoms with Crippen LogP contribution in [-0.2, 0) is 21.5 Å². The summed E-state index contributed by atoms with van der Waals surface area (Å²) in [5.41, 5.74) is 17.8. The van der Waals surface area contributed by atoms with Crippen LogP contribution in [0.3, 0.4) is 0 Å². The monoisotopic (exact) mass is 1050 g/mol. The summed E-state index contributed by atoms with van der Waals surface area (Å²) in [5.74, 6) is 0.735. The summed E-state index contributed by atoms with van der Waals surface area (Å²) in [4.78, 5) is 47.5. The van der Waals surface area contributed by atoms with Gasteiger partial charge in [0.1, 0.15) is 17.7 Å². The summed E-state index contributed by atoms with van der Waals surface area (Å²) in [6, 6.07) is 16.3. The summed E-state index contributed by atoms with van der Waals surface area (Å²) in [7, 11) is 1.87. The third-order valence-electron chi connectivity index (χ3n) is 16.4. The molecule has 5 heterocycles. The number of aromatic nitrogens is 2. The second kappa shape index (κ2) is 28.7. The van der Waals surface area contributed by atoms with Crippen LogP contribution in [0, 0.1) is 32.5 Å². The molecule has 11 nitrogen and oxygen atoms in total. The molecule has 4 unspecified atom stereocenters. The molecule has 2 amide bonds. The molecule has 2 aromatic carbocycles. The quantitative estimate of drug-likeness (QED) is 0.0788. The molecule has 0 bridgehead atoms. The summed E-state index contributed by atoms with van der Waals surface area (Å²) in [6.07, 6.45) is 16.7. The Hall–Kier alpha value is -3.79. The second-order valence-corrected chi connectivity index (χ2v) is 20.8. The molecule has 2 aromatic heterocycles. The van der Waals surface area contributed by atoms with E-state index in [4.69, 9.17) is 10.6 Å². The van der Waals surface area contributed by atoms with Gasteiger partial charge in [-0.2, -0.15) is 6.42 Å². The predicted molar refractivity (Wildman–Crippen MR) is 304 cm³/mol. The minimum absolute atomic E-state index is 0. The minimum Gasteiger partial charge on any atom is -0.373 e. The first-order valence-electron chi connectivity index (χ1n) is 27.8. The van der Waals surface area contributed by atoms with Crippen LogP contribution >= 0.6 is 0 Å². The van der Waals surface area contributed by atoms with Gasteiger partial charge in [-0.25, -0.2) is 14.4 Å². The van der Waals surface area contributed by atoms with Crippen molar-refractivity contribution >= 4 is 35.0 Å². The molecule has 2 fully saturated rings. The predicted octanol–water partition coefficient (Wildman–Crippen LogP) is 9.41. The maximum Gasteiger partial charge on any atom is 1.00 e. The molecular formula is C62H88FKN8O3. The Balaban J connectivity index is 0.000000346. The molecule has 75 heavy (non-hydrogen) atoms. The number of rotatable bonds is 17. The number of anilines is 2. The zero-order valence-electron chi connectivity index (χ0n) is 48.0. The number of nitrogens with one attached hydrogen (secondary N) is 1. The topological polar surface area (TPSA) is 120 Å². The average molecular weight is 1050 g/mol. The molecule has 4 aliphatic rings. The number of carbonyl (C=O) groups excluding carboxylic acids is 2. The molecule has 1 saturated carbocycles. The first-order valence-corrected chi connectivity index (χ1v) is 27.8. The molecule has 3 N–H and O–H groups in total. The van der Waals surface area contributed by atoms with Crippen LogP contribution in [0.15, 0.2) is 72.6 Å². The molecule has 13 heteroatoms. The molecular weight excluding hydrogens is 963 g/mol. The van der Waals surface area contributed by atoms with Crippen LogP contribution in [0.2, 0.25) is 0 Å². The van der Waals surface area contributed by atoms with Gasteiger partial charge < -0.3 is 27.8 Å². The Morgan fingerprint density at radius 1 is 1.03 bits per heavy atom. The van der Waals surface area contributed by atoms with Crippen molar-refractivity contribution in [1.29, 1.82) is 0 Å². The zero-order chi connectivity index (χ0) is 53.9. The smallest absolute Gasteiger partial charge is 0.373 e. The zero-order valence-corrected chi connectivity index (χ0v) is 51.1. The molecule has 4 aromatic rings. The van der Waals surface area contributed by atoms with E-state index in [0.29, 0.717) is 35.9 Å². The van der Waals surface area contributed by atoms with Gasteiger partial charge in [0.15, 0.2) is 0 Å². The van der Waals surface area contributed by atoms with E-state index in [-0.39, 0.29) is 86.6 Å². The summed E-state index contributed by atoms with van der Waals surface area (Å²) in [6.45, 7) is 32.5. The number of primary amides is 1. The molecule has 1 saturated heterocycles. The van der Waals surface area contributed by atoms with E-state index in [9.17, 15) is 9.59 Å². The maximum atomic E-state index is 15.8. The standard InChI is InChI=1S/C42H57FN6O.C18H25N2O2.C2H6.K/c1-9-30(5)47(10-2)27-33-14-19-49(20-15-33)42(50)36-23-29(4)41(39(43)25-36)34-16-21-48(22-17-34)32(7)28(3)24-38-31(6)45-18-13-37(38)35-11-12-40(44-8)46-26-35;1-4-6-16(17(19)21)20-15-8-7-13(5-2)11-14(15)18(9-10-18)12(3)22-20;1-2;/h11-13,16,18,23-26,30,32-33H,9-10,14-15,17,19-22,27H2,1-8H3,(H,44,46);7-8,11-12,16H,1,4-6,9-10H2,2-3H3,(H2,19,21);1-2H3;/q;-1;;+1/b28-24+;;;. The number of halogens is 1. The van der Waals surface area contributed by atoms with Crippen molar-refractivity contribution in [1.82, 2.24) is 24.7 Å². The molecule has 4 atom stereocenters. The van der Waals surface area contributed by atoms with E-state index in [2.05, 4.69) is 123 Å². The van der Waals surface area contributed by atoms with Crippen LogP contribution in [0.25, 0.3) is 22.8 Å². The van der Waals surface area contributed by atoms with Gasteiger partial charge in [0, 0.05) is 97.6 Å². The Bertz CT molecular complexity index is 2570. The van der Waals surface area contributed by atoms with E-state index in [0.717, 1.165) is 129 Å². The fraction of sp³-hybridized carbons (Fsp3) is 0.532. The SMILES string of the molecule is CC.CCC(C)N(CC)CC1CCN(C(=O)c2cc(C)c(C3=CCN(C(C)/C(C)=C/c4c(-c5ccc(NC)nc5)ccnc4C)CC3)c(F)c2)CC1.[CH2-]CCC(C(N)=O)N1OC(C)C2(CC2)c2cc(CC)ccc21.[K+]. The van der Waals surface area contributed by atoms with Crippen LogP contribution in [0.5, 0.6) is 0 Å². The summed E-state index contributed by atoms with van der Waals surface area (Å²) in [5, 5.41) is 4.83. The van der Waals surface area contributed by atoms with Gasteiger partial charge in [0.05, 0.1) is 11.8 Å². The van der Waals surface area contributed by atoms with Crippen molar-refractivity contribution in [2.75, 3.05) is 56.7 Å². The number of nitrogens with two attached hydrogens (primary N) is 1. The van der Waals surface area contributed by atoms with Gasteiger partial charge in [0.25, 0.3) is 5.91 Å². The number of amides is 2. The van der Waals surface area contributed by atoms with Crippen molar-refractivity contribution in [3.63, 3.8) is 0 Å². The Labute approximate surface area is 493 Å². The number of aryl methyl sites for hydroxylation is 3. The Kier molecular flexibility index (Phi) is 23.8. The number of likely N-dealkylation sites (tertiary alicyclic amines) is 1. The number of fused-ring (bicyclic) bond motifs is 2. The number of hydrogen-bond acceptors (Lipinski definition) is 9. The molecule has 1 spiro atoms. The number of pyridine rings is 2. The number of hydroxylamine groups is 1. The van der Waals surface area contributed by atoms with Crippen LogP contribution < -0.4 is 67.5 Å². The van der Waals surface area contributed by atoms with Crippen molar-refractivity contribution in [2.45, 2.75) is 164 Å². The largest absolute Gasteiger partial charge is 1.00 e. The number of carbonyl (C=O) groups is 2. The van der Waals surface area contributed by atoms with Crippen LogP contribution in [0.1, 0.15) is 158 Å². The minimum atomic E-state index is -0.456. The fourth-order valence-electron chi connectivity index (χ4n) is 11.2. The third-order valence-corrected chi connectivity index (χ3v) is 16.4. The third kappa shape index (κ3) is 14.7. The van der Waals surface area contributed by atoms with Gasteiger partial charge in [-0.15, -0.1) is 0 Å². The van der Waals surface area contributed by atoms with Crippen LogP contribution in [0.4, 0.5) is 15.9 Å². The van der Waals surface area contributed by atoms with Crippen LogP contribution in [-0.4, -0.2) is 107 Å². The molecule has 8 rings (SSSR count). The molecule has 1 aliphatic carbocycles. The fourth-order valence-corrected chi connectivity index (χ4v) is 11.2. The molecule has 3 aliphatic heterocycles. The van der Waals surface area contributed by atoms with Crippen molar-refractivity contribution in [3.05, 3.63) is 124 Å². The van der Waals surface area contributed by atoms with E-state index in [1.165, 1.54) is 22.8 Å². The first-order chi connectivity index (χ1) is 35.6. The maximum absolute atomic E-state index is 15.8. The average Bonchev–Trinajstić information content (AvgIpc) is 4.23. The first kappa shape index (κ1) is 62.1. The van der Waals surface area contributed by atoms with Gasteiger partial charge in [-0.3, -0.25) is 24.3 Å². The number of hydrogen-bond donors (Lipinski definition) is 2. The van der Waals surface area contributed by atoms with Crippen molar-refractivity contribution in [2.24, 2.45) is 11.7 Å². The van der Waals surface area contributed by atoms with E-state index in [1.807, 2.05) is 64.2 Å². The van der Waals surface area contributed by atoms with Gasteiger partial charge in [-0.05, 0) is 170 Å². The Morgan fingerprint density at radius 3 is 2.31 bits per heavy atom. The Morgan fingerprint density at radius 2 is 1.75 bits per heavy atom. The van der Waals surface area contributed by atoms with E-state index < -0.39 is 6.04 Å². The van der Waals surface area contributed by atoms with E-state index in [1.54, 1.807) is 5.06 Å². The normalized spacial score (nSPS) is 18.6. The number of benzene rings is 2.